The first-order valence-corrected chi connectivity index (χ1v) is 11.7. The Morgan fingerprint density at radius 2 is 1.90 bits per heavy atom. The van der Waals surface area contributed by atoms with E-state index in [2.05, 4.69) is 45.6 Å². The molecule has 0 radical (unpaired) electrons. The van der Waals surface area contributed by atoms with Gasteiger partial charge in [-0.05, 0) is 68.7 Å². The molecule has 3 rings (SSSR count). The minimum Gasteiger partial charge on any atom is -0.481 e. The third-order valence-corrected chi connectivity index (χ3v) is 6.89. The van der Waals surface area contributed by atoms with E-state index in [4.69, 9.17) is 17.3 Å². The monoisotopic (exact) mass is 506 g/mol. The normalized spacial score (nSPS) is 15.4. The van der Waals surface area contributed by atoms with Crippen LogP contribution in [0.1, 0.15) is 42.6 Å². The van der Waals surface area contributed by atoms with Gasteiger partial charge in [0.05, 0.1) is 4.91 Å². The number of hydrogen-bond acceptors (Lipinski definition) is 4. The quantitative estimate of drug-likeness (QED) is 0.282. The molecule has 1 fully saturated rings. The summed E-state index contributed by atoms with van der Waals surface area (Å²) in [7, 11) is 0. The molecule has 2 aromatic rings. The zero-order valence-electron chi connectivity index (χ0n) is 16.9. The van der Waals surface area contributed by atoms with Crippen molar-refractivity contribution in [3.8, 4) is 5.69 Å². The lowest BCUT2D eigenvalue weighted by molar-refractivity contribution is -0.137. The summed E-state index contributed by atoms with van der Waals surface area (Å²) in [4.78, 5) is 25.7. The van der Waals surface area contributed by atoms with Gasteiger partial charge in [0.25, 0.3) is 5.91 Å². The van der Waals surface area contributed by atoms with E-state index in [0.29, 0.717) is 22.2 Å². The third kappa shape index (κ3) is 5.22. The standard InChI is InChI=1S/C22H23BrN2O3S2/c1-14-12-16(15(2)25(14)18-9-7-17(23)8-10-18)13-19-21(28)24(22(29)30-19)11-5-3-4-6-20(26)27/h7-10,12-13H,3-6,11H2,1-2H3,(H,26,27)/b19-13-. The van der Waals surface area contributed by atoms with Crippen molar-refractivity contribution in [2.45, 2.75) is 39.5 Å². The van der Waals surface area contributed by atoms with Gasteiger partial charge < -0.3 is 9.67 Å². The number of halogens is 1. The number of hydrogen-bond donors (Lipinski definition) is 1. The van der Waals surface area contributed by atoms with E-state index < -0.39 is 5.97 Å². The number of unbranched alkanes of at least 4 members (excludes halogenated alkanes) is 2. The number of carboxylic acid groups (broad SMARTS) is 1. The molecule has 0 bridgehead atoms. The second-order valence-electron chi connectivity index (χ2n) is 7.18. The predicted octanol–water partition coefficient (Wildman–Crippen LogP) is 5.70. The van der Waals surface area contributed by atoms with Crippen molar-refractivity contribution in [2.24, 2.45) is 0 Å². The van der Waals surface area contributed by atoms with Crippen LogP contribution in [0.15, 0.2) is 39.7 Å². The van der Waals surface area contributed by atoms with Crippen LogP contribution in [0, 0.1) is 13.8 Å². The van der Waals surface area contributed by atoms with E-state index in [0.717, 1.165) is 40.0 Å². The number of carbonyl (C=O) groups is 2. The molecular formula is C22H23BrN2O3S2. The maximum Gasteiger partial charge on any atom is 0.303 e. The van der Waals surface area contributed by atoms with E-state index in [-0.39, 0.29) is 12.3 Å². The highest BCUT2D eigenvalue weighted by atomic mass is 79.9. The van der Waals surface area contributed by atoms with E-state index in [1.165, 1.54) is 11.8 Å². The molecule has 1 aromatic heterocycles. The van der Waals surface area contributed by atoms with Crippen molar-refractivity contribution in [2.75, 3.05) is 6.54 Å². The molecule has 0 aliphatic carbocycles. The average Bonchev–Trinajstić information content (AvgIpc) is 3.11. The smallest absolute Gasteiger partial charge is 0.303 e. The van der Waals surface area contributed by atoms with Crippen molar-refractivity contribution in [1.29, 1.82) is 0 Å². The number of carboxylic acids is 1. The highest BCUT2D eigenvalue weighted by Gasteiger charge is 2.31. The first-order chi connectivity index (χ1) is 14.3. The van der Waals surface area contributed by atoms with Crippen LogP contribution < -0.4 is 0 Å². The first kappa shape index (κ1) is 22.8. The van der Waals surface area contributed by atoms with Crippen LogP contribution in [0.25, 0.3) is 11.8 Å². The minimum absolute atomic E-state index is 0.0725. The topological polar surface area (TPSA) is 62.5 Å². The Hall–Kier alpha value is -1.90. The van der Waals surface area contributed by atoms with E-state index >= 15 is 0 Å². The lowest BCUT2D eigenvalue weighted by atomic mass is 10.2. The second kappa shape index (κ2) is 9.94. The largest absolute Gasteiger partial charge is 0.481 e. The molecule has 2 heterocycles. The van der Waals surface area contributed by atoms with Crippen molar-refractivity contribution in [3.05, 3.63) is 56.7 Å². The number of thioether (sulfide) groups is 1. The van der Waals surface area contributed by atoms with Gasteiger partial charge in [-0.1, -0.05) is 46.3 Å². The number of aliphatic carboxylic acids is 1. The van der Waals surface area contributed by atoms with Crippen LogP contribution in [-0.2, 0) is 9.59 Å². The van der Waals surface area contributed by atoms with E-state index in [1.54, 1.807) is 4.90 Å². The Labute approximate surface area is 194 Å². The highest BCUT2D eigenvalue weighted by molar-refractivity contribution is 9.10. The summed E-state index contributed by atoms with van der Waals surface area (Å²) in [6.07, 6.45) is 4.19. The van der Waals surface area contributed by atoms with Crippen LogP contribution in [0.5, 0.6) is 0 Å². The van der Waals surface area contributed by atoms with E-state index in [1.807, 2.05) is 25.1 Å². The van der Waals surface area contributed by atoms with Gasteiger partial charge >= 0.3 is 5.97 Å². The summed E-state index contributed by atoms with van der Waals surface area (Å²) in [5, 5.41) is 8.71. The molecule has 158 valence electrons. The fourth-order valence-electron chi connectivity index (χ4n) is 3.48. The van der Waals surface area contributed by atoms with Crippen molar-refractivity contribution < 1.29 is 14.7 Å². The van der Waals surface area contributed by atoms with E-state index in [9.17, 15) is 9.59 Å². The fourth-order valence-corrected chi connectivity index (χ4v) is 5.04. The van der Waals surface area contributed by atoms with Crippen molar-refractivity contribution in [1.82, 2.24) is 9.47 Å². The summed E-state index contributed by atoms with van der Waals surface area (Å²) < 4.78 is 3.76. The lowest BCUT2D eigenvalue weighted by Gasteiger charge is -2.13. The summed E-state index contributed by atoms with van der Waals surface area (Å²) in [5.41, 5.74) is 4.22. The molecule has 5 nitrogen and oxygen atoms in total. The summed E-state index contributed by atoms with van der Waals surface area (Å²) in [6, 6.07) is 10.2. The molecule has 0 atom stereocenters. The average molecular weight is 507 g/mol. The molecule has 1 aliphatic rings. The van der Waals surface area contributed by atoms with Crippen LogP contribution >= 0.6 is 39.9 Å². The third-order valence-electron chi connectivity index (χ3n) is 4.99. The number of aromatic nitrogens is 1. The van der Waals surface area contributed by atoms with Gasteiger partial charge in [0, 0.05) is 34.5 Å². The summed E-state index contributed by atoms with van der Waals surface area (Å²) in [6.45, 7) is 4.62. The maximum atomic E-state index is 12.8. The van der Waals surface area contributed by atoms with Gasteiger partial charge in [-0.2, -0.15) is 0 Å². The molecule has 1 amide bonds. The fraction of sp³-hybridized carbons (Fsp3) is 0.318. The zero-order chi connectivity index (χ0) is 21.8. The molecule has 0 saturated carbocycles. The summed E-state index contributed by atoms with van der Waals surface area (Å²) in [5.74, 6) is -0.860. The Morgan fingerprint density at radius 3 is 2.57 bits per heavy atom. The maximum absolute atomic E-state index is 12.8. The molecule has 0 unspecified atom stereocenters. The summed E-state index contributed by atoms with van der Waals surface area (Å²) >= 11 is 10.2. The van der Waals surface area contributed by atoms with Gasteiger partial charge in [-0.3, -0.25) is 14.5 Å². The predicted molar refractivity (Wildman–Crippen MR) is 129 cm³/mol. The number of aryl methyl sites for hydroxylation is 1. The molecule has 30 heavy (non-hydrogen) atoms. The SMILES string of the molecule is Cc1cc(/C=C2\SC(=S)N(CCCCCC(=O)O)C2=O)c(C)n1-c1ccc(Br)cc1. The molecule has 1 aromatic carbocycles. The molecular weight excluding hydrogens is 484 g/mol. The highest BCUT2D eigenvalue weighted by Crippen LogP contribution is 2.34. The van der Waals surface area contributed by atoms with Gasteiger partial charge in [0.2, 0.25) is 0 Å². The van der Waals surface area contributed by atoms with Gasteiger partial charge in [-0.25, -0.2) is 0 Å². The number of amides is 1. The molecule has 1 aliphatic heterocycles. The van der Waals surface area contributed by atoms with Gasteiger partial charge in [0.1, 0.15) is 4.32 Å². The molecule has 8 heteroatoms. The Kier molecular flexibility index (Phi) is 7.55. The minimum atomic E-state index is -0.788. The van der Waals surface area contributed by atoms with Crippen molar-refractivity contribution >= 4 is 62.2 Å². The van der Waals surface area contributed by atoms with Crippen LogP contribution in [-0.4, -0.2) is 37.3 Å². The second-order valence-corrected chi connectivity index (χ2v) is 9.77. The molecule has 0 spiro atoms. The Morgan fingerprint density at radius 1 is 1.20 bits per heavy atom. The number of nitrogens with zero attached hydrogens (tertiary/aromatic N) is 2. The van der Waals surface area contributed by atoms with Crippen LogP contribution in [0.4, 0.5) is 0 Å². The molecule has 1 saturated heterocycles. The number of thiocarbonyl (C=S) groups is 1. The Balaban J connectivity index is 1.73. The van der Waals surface area contributed by atoms with Crippen molar-refractivity contribution in [3.63, 3.8) is 0 Å². The zero-order valence-corrected chi connectivity index (χ0v) is 20.1. The van der Waals surface area contributed by atoms with Gasteiger partial charge in [0.15, 0.2) is 0 Å². The lowest BCUT2D eigenvalue weighted by Crippen LogP contribution is -2.29. The Bertz CT molecular complexity index is 1010. The number of rotatable bonds is 8. The first-order valence-electron chi connectivity index (χ1n) is 9.70. The molecule has 1 N–H and O–H groups in total. The number of benzene rings is 1. The van der Waals surface area contributed by atoms with Crippen LogP contribution in [0.2, 0.25) is 0 Å². The van der Waals surface area contributed by atoms with Crippen LogP contribution in [0.3, 0.4) is 0 Å². The number of carbonyl (C=O) groups excluding carboxylic acids is 1. The van der Waals surface area contributed by atoms with Gasteiger partial charge in [-0.15, -0.1) is 0 Å².